The van der Waals surface area contributed by atoms with Crippen LogP contribution in [0.5, 0.6) is 0 Å². The number of nitrogens with one attached hydrogen (secondary N) is 1. The average Bonchev–Trinajstić information content (AvgIpc) is 2.59. The highest BCUT2D eigenvalue weighted by Gasteiger charge is 2.24. The summed E-state index contributed by atoms with van der Waals surface area (Å²) < 4.78 is 22.9. The Bertz CT molecular complexity index is 841. The summed E-state index contributed by atoms with van der Waals surface area (Å²) in [6, 6.07) is 14.9. The van der Waals surface area contributed by atoms with Gasteiger partial charge in [0.1, 0.15) is 0 Å². The molecule has 0 saturated carbocycles. The molecule has 0 saturated heterocycles. The first-order valence-corrected chi connectivity index (χ1v) is 9.96. The normalized spacial score (nSPS) is 17.1. The molecule has 0 bridgehead atoms. The second kappa shape index (κ2) is 6.77. The highest BCUT2D eigenvalue weighted by molar-refractivity contribution is 7.90. The van der Waals surface area contributed by atoms with E-state index in [1.807, 2.05) is 12.1 Å². The van der Waals surface area contributed by atoms with Gasteiger partial charge in [-0.25, -0.2) is 8.42 Å². The van der Waals surface area contributed by atoms with E-state index in [4.69, 9.17) is 0 Å². The number of fused-ring (bicyclic) bond motifs is 1. The van der Waals surface area contributed by atoms with Gasteiger partial charge in [-0.1, -0.05) is 36.4 Å². The Morgan fingerprint density at radius 1 is 1.08 bits per heavy atom. The maximum atomic E-state index is 12.4. The van der Waals surface area contributed by atoms with Crippen LogP contribution in [0, 0.1) is 5.92 Å². The molecule has 5 heteroatoms. The number of hydrogen-bond acceptors (Lipinski definition) is 3. The second-order valence-electron chi connectivity index (χ2n) is 6.34. The third-order valence-corrected chi connectivity index (χ3v) is 5.66. The molecule has 0 fully saturated rings. The van der Waals surface area contributed by atoms with Crippen LogP contribution < -0.4 is 5.32 Å². The SMILES string of the molecule is CS(=O)(=O)c1ccc(CNC(=O)C2CCc3ccccc3C2)cc1. The van der Waals surface area contributed by atoms with Crippen LogP contribution in [0.1, 0.15) is 23.1 Å². The van der Waals surface area contributed by atoms with Gasteiger partial charge in [-0.05, 0) is 48.1 Å². The van der Waals surface area contributed by atoms with E-state index in [1.165, 1.54) is 17.4 Å². The highest BCUT2D eigenvalue weighted by atomic mass is 32.2. The number of aryl methyl sites for hydroxylation is 1. The maximum Gasteiger partial charge on any atom is 0.223 e. The van der Waals surface area contributed by atoms with Crippen LogP contribution in [0.25, 0.3) is 0 Å². The van der Waals surface area contributed by atoms with Gasteiger partial charge in [0.05, 0.1) is 4.90 Å². The standard InChI is InChI=1S/C19H21NO3S/c1-24(22,23)18-10-6-14(7-11-18)13-20-19(21)17-9-8-15-4-2-3-5-16(15)12-17/h2-7,10-11,17H,8-9,12-13H2,1H3,(H,20,21). The van der Waals surface area contributed by atoms with Crippen molar-refractivity contribution in [1.29, 1.82) is 0 Å². The number of sulfone groups is 1. The fourth-order valence-corrected chi connectivity index (χ4v) is 3.74. The Labute approximate surface area is 142 Å². The van der Waals surface area contributed by atoms with Crippen LogP contribution in [0.3, 0.4) is 0 Å². The molecule has 0 radical (unpaired) electrons. The molecule has 0 aliphatic heterocycles. The number of amides is 1. The van der Waals surface area contributed by atoms with Crippen molar-refractivity contribution in [3.8, 4) is 0 Å². The molecule has 1 unspecified atom stereocenters. The van der Waals surface area contributed by atoms with Crippen molar-refractivity contribution in [3.05, 3.63) is 65.2 Å². The van der Waals surface area contributed by atoms with Crippen LogP contribution in [0.15, 0.2) is 53.4 Å². The molecule has 2 aromatic carbocycles. The smallest absolute Gasteiger partial charge is 0.223 e. The maximum absolute atomic E-state index is 12.4. The third-order valence-electron chi connectivity index (χ3n) is 4.54. The summed E-state index contributed by atoms with van der Waals surface area (Å²) in [6.45, 7) is 0.418. The monoisotopic (exact) mass is 343 g/mol. The zero-order valence-corrected chi connectivity index (χ0v) is 14.5. The molecular weight excluding hydrogens is 322 g/mol. The lowest BCUT2D eigenvalue weighted by atomic mass is 9.83. The van der Waals surface area contributed by atoms with Gasteiger partial charge in [-0.15, -0.1) is 0 Å². The zero-order chi connectivity index (χ0) is 17.2. The van der Waals surface area contributed by atoms with Crippen LogP contribution in [0.4, 0.5) is 0 Å². The molecule has 0 aromatic heterocycles. The van der Waals surface area contributed by atoms with Crippen molar-refractivity contribution >= 4 is 15.7 Å². The molecule has 126 valence electrons. The summed E-state index contributed by atoms with van der Waals surface area (Å²) in [5, 5.41) is 2.97. The second-order valence-corrected chi connectivity index (χ2v) is 8.36. The minimum atomic E-state index is -3.18. The fraction of sp³-hybridized carbons (Fsp3) is 0.316. The molecule has 3 rings (SSSR count). The first-order chi connectivity index (χ1) is 11.4. The molecule has 1 amide bonds. The van der Waals surface area contributed by atoms with Crippen LogP contribution in [0.2, 0.25) is 0 Å². The van der Waals surface area contributed by atoms with Crippen molar-refractivity contribution in [2.24, 2.45) is 5.92 Å². The Hall–Kier alpha value is -2.14. The van der Waals surface area contributed by atoms with E-state index in [0.717, 1.165) is 24.8 Å². The first kappa shape index (κ1) is 16.7. The van der Waals surface area contributed by atoms with E-state index < -0.39 is 9.84 Å². The zero-order valence-electron chi connectivity index (χ0n) is 13.7. The van der Waals surface area contributed by atoms with Crippen molar-refractivity contribution < 1.29 is 13.2 Å². The predicted octanol–water partition coefficient (Wildman–Crippen LogP) is 2.51. The van der Waals surface area contributed by atoms with Crippen LogP contribution in [-0.2, 0) is 34.0 Å². The molecule has 1 aliphatic rings. The largest absolute Gasteiger partial charge is 0.352 e. The number of carbonyl (C=O) groups excluding carboxylic acids is 1. The number of rotatable bonds is 4. The summed E-state index contributed by atoms with van der Waals surface area (Å²) in [5.74, 6) is 0.0758. The average molecular weight is 343 g/mol. The Balaban J connectivity index is 1.58. The van der Waals surface area contributed by atoms with Crippen molar-refractivity contribution in [3.63, 3.8) is 0 Å². The van der Waals surface area contributed by atoms with E-state index in [0.29, 0.717) is 11.4 Å². The van der Waals surface area contributed by atoms with Gasteiger partial charge in [-0.2, -0.15) is 0 Å². The number of carbonyl (C=O) groups is 1. The highest BCUT2D eigenvalue weighted by Crippen LogP contribution is 2.25. The summed E-state index contributed by atoms with van der Waals surface area (Å²) in [7, 11) is -3.18. The van der Waals surface area contributed by atoms with Gasteiger partial charge < -0.3 is 5.32 Å². The minimum absolute atomic E-state index is 0.00944. The summed E-state index contributed by atoms with van der Waals surface area (Å²) >= 11 is 0. The molecular formula is C19H21NO3S. The number of benzene rings is 2. The predicted molar refractivity (Wildman–Crippen MR) is 93.4 cm³/mol. The van der Waals surface area contributed by atoms with E-state index in [-0.39, 0.29) is 11.8 Å². The van der Waals surface area contributed by atoms with Crippen molar-refractivity contribution in [2.45, 2.75) is 30.7 Å². The van der Waals surface area contributed by atoms with Gasteiger partial charge in [0.2, 0.25) is 5.91 Å². The van der Waals surface area contributed by atoms with Crippen LogP contribution in [-0.4, -0.2) is 20.6 Å². The summed E-state index contributed by atoms with van der Waals surface area (Å²) in [6.07, 6.45) is 3.78. The molecule has 1 atom stereocenters. The molecule has 0 heterocycles. The topological polar surface area (TPSA) is 63.2 Å². The van der Waals surface area contributed by atoms with Gasteiger partial charge in [0, 0.05) is 18.7 Å². The molecule has 1 N–H and O–H groups in total. The van der Waals surface area contributed by atoms with Gasteiger partial charge in [-0.3, -0.25) is 4.79 Å². The Kier molecular flexibility index (Phi) is 4.71. The lowest BCUT2D eigenvalue weighted by molar-refractivity contribution is -0.125. The van der Waals surface area contributed by atoms with Gasteiger partial charge >= 0.3 is 0 Å². The molecule has 4 nitrogen and oxygen atoms in total. The summed E-state index contributed by atoms with van der Waals surface area (Å²) in [4.78, 5) is 12.7. The summed E-state index contributed by atoms with van der Waals surface area (Å²) in [5.41, 5.74) is 3.51. The van der Waals surface area contributed by atoms with Gasteiger partial charge in [0.25, 0.3) is 0 Å². The lowest BCUT2D eigenvalue weighted by Crippen LogP contribution is -2.33. The third kappa shape index (κ3) is 3.85. The minimum Gasteiger partial charge on any atom is -0.352 e. The molecule has 24 heavy (non-hydrogen) atoms. The van der Waals surface area contributed by atoms with Gasteiger partial charge in [0.15, 0.2) is 9.84 Å². The van der Waals surface area contributed by atoms with E-state index >= 15 is 0 Å². The fourth-order valence-electron chi connectivity index (χ4n) is 3.11. The Morgan fingerprint density at radius 3 is 2.42 bits per heavy atom. The molecule has 1 aliphatic carbocycles. The quantitative estimate of drug-likeness (QED) is 0.928. The van der Waals surface area contributed by atoms with Crippen LogP contribution >= 0.6 is 0 Å². The van der Waals surface area contributed by atoms with E-state index in [1.54, 1.807) is 24.3 Å². The lowest BCUT2D eigenvalue weighted by Gasteiger charge is -2.23. The first-order valence-electron chi connectivity index (χ1n) is 8.07. The van der Waals surface area contributed by atoms with Crippen molar-refractivity contribution in [2.75, 3.05) is 6.26 Å². The van der Waals surface area contributed by atoms with E-state index in [2.05, 4.69) is 17.4 Å². The Morgan fingerprint density at radius 2 is 1.75 bits per heavy atom. The van der Waals surface area contributed by atoms with Crippen molar-refractivity contribution in [1.82, 2.24) is 5.32 Å². The number of hydrogen-bond donors (Lipinski definition) is 1. The van der Waals surface area contributed by atoms with E-state index in [9.17, 15) is 13.2 Å². The molecule has 0 spiro atoms. The molecule has 2 aromatic rings.